The smallest absolute Gasteiger partial charge is 0.118 e. The molecule has 0 aliphatic heterocycles. The van der Waals surface area contributed by atoms with Gasteiger partial charge in [-0.25, -0.2) is 0 Å². The SMILES string of the molecule is C=COS(=S)(=S)[SH](=S)=S. The lowest BCUT2D eigenvalue weighted by molar-refractivity contribution is 0.571. The summed E-state index contributed by atoms with van der Waals surface area (Å²) in [5.41, 5.74) is 0. The van der Waals surface area contributed by atoms with Gasteiger partial charge in [0.2, 0.25) is 0 Å². The summed E-state index contributed by atoms with van der Waals surface area (Å²) in [6.07, 6.45) is 1.21. The highest BCUT2D eigenvalue weighted by Gasteiger charge is 1.93. The van der Waals surface area contributed by atoms with Crippen molar-refractivity contribution in [3.63, 3.8) is 0 Å². The van der Waals surface area contributed by atoms with E-state index in [1.807, 2.05) is 0 Å². The number of hydrogen-bond acceptors (Lipinski definition) is 5. The maximum absolute atomic E-state index is 4.79. The van der Waals surface area contributed by atoms with Crippen molar-refractivity contribution in [1.29, 1.82) is 0 Å². The summed E-state index contributed by atoms with van der Waals surface area (Å²) in [6.45, 7) is 1.31. The van der Waals surface area contributed by atoms with Gasteiger partial charge in [0.05, 0.1) is 6.26 Å². The van der Waals surface area contributed by atoms with Crippen LogP contribution in [0.3, 0.4) is 0 Å². The molecule has 0 saturated heterocycles. The third kappa shape index (κ3) is 3.74. The zero-order valence-electron chi connectivity index (χ0n) is 4.18. The second-order valence-electron chi connectivity index (χ2n) is 0.914. The second-order valence-corrected chi connectivity index (χ2v) is 14.3. The summed E-state index contributed by atoms with van der Waals surface area (Å²) in [4.78, 5) is 0. The van der Waals surface area contributed by atoms with Crippen LogP contribution in [0.5, 0.6) is 0 Å². The Hall–Kier alpha value is 1.12. The molecule has 0 N–H and O–H groups in total. The van der Waals surface area contributed by atoms with Crippen molar-refractivity contribution in [3.05, 3.63) is 12.8 Å². The van der Waals surface area contributed by atoms with Crippen LogP contribution in [0.1, 0.15) is 0 Å². The minimum atomic E-state index is -2.01. The molecule has 0 radical (unpaired) electrons. The highest BCUT2D eigenvalue weighted by molar-refractivity contribution is 9.03. The van der Waals surface area contributed by atoms with E-state index < -0.39 is 13.5 Å². The van der Waals surface area contributed by atoms with Crippen LogP contribution in [0.15, 0.2) is 12.8 Å². The highest BCUT2D eigenvalue weighted by Crippen LogP contribution is 1.95. The molecule has 0 heterocycles. The molecule has 0 bridgehead atoms. The van der Waals surface area contributed by atoms with Gasteiger partial charge < -0.3 is 4.18 Å². The van der Waals surface area contributed by atoms with Gasteiger partial charge in [-0.15, -0.1) is 0 Å². The molecule has 0 fully saturated rings. The molecule has 9 heavy (non-hydrogen) atoms. The Labute approximate surface area is 74.7 Å². The van der Waals surface area contributed by atoms with E-state index in [9.17, 15) is 0 Å². The molecule has 0 spiro atoms. The van der Waals surface area contributed by atoms with Crippen LogP contribution in [0, 0.1) is 0 Å². The Morgan fingerprint density at radius 1 is 1.44 bits per heavy atom. The second kappa shape index (κ2) is 4.09. The predicted octanol–water partition coefficient (Wildman–Crippen LogP) is 0.329. The maximum Gasteiger partial charge on any atom is 0.118 e. The van der Waals surface area contributed by atoms with Crippen molar-refractivity contribution in [1.82, 2.24) is 0 Å². The molecular formula is C2H4OS6. The van der Waals surface area contributed by atoms with E-state index >= 15 is 0 Å². The van der Waals surface area contributed by atoms with Gasteiger partial charge in [0, 0.05) is 22.4 Å². The lowest BCUT2D eigenvalue weighted by atomic mass is 11.2. The summed E-state index contributed by atoms with van der Waals surface area (Å²) >= 11 is 19.0. The Morgan fingerprint density at radius 3 is 2.00 bits per heavy atom. The van der Waals surface area contributed by atoms with Gasteiger partial charge in [-0.2, -0.15) is 0 Å². The minimum absolute atomic E-state index is 1.16. The summed E-state index contributed by atoms with van der Waals surface area (Å²) in [6, 6.07) is 0. The zero-order valence-corrected chi connectivity index (χ0v) is 9.16. The number of rotatable bonds is 3. The van der Waals surface area contributed by atoms with Crippen molar-refractivity contribution in [3.8, 4) is 0 Å². The van der Waals surface area contributed by atoms with Gasteiger partial charge in [0.15, 0.2) is 0 Å². The first-order valence-corrected chi connectivity index (χ1v) is 9.07. The third-order valence-corrected chi connectivity index (χ3v) is 12.8. The zero-order chi connectivity index (χ0) is 7.49. The van der Waals surface area contributed by atoms with E-state index in [1.165, 1.54) is 6.26 Å². The standard InChI is InChI=1S/C2H4OS6/c1-2-3-9(6,7)8(4)5/h2,8H,1H2. The van der Waals surface area contributed by atoms with Crippen LogP contribution in [-0.2, 0) is 62.4 Å². The molecule has 7 heteroatoms. The number of hydrogen-bond donors (Lipinski definition) is 1. The Morgan fingerprint density at radius 2 is 1.89 bits per heavy atom. The minimum Gasteiger partial charge on any atom is -0.420 e. The van der Waals surface area contributed by atoms with E-state index in [0.717, 1.165) is 0 Å². The molecule has 0 aromatic rings. The molecule has 0 aliphatic rings. The fraction of sp³-hybridized carbons (Fsp3) is 0. The van der Waals surface area contributed by atoms with Crippen molar-refractivity contribution in [2.45, 2.75) is 0 Å². The summed E-state index contributed by atoms with van der Waals surface area (Å²) in [7, 11) is -1.16. The van der Waals surface area contributed by atoms with E-state index in [1.54, 1.807) is 0 Å². The van der Waals surface area contributed by atoms with Gasteiger partial charge in [-0.3, -0.25) is 0 Å². The molecular weight excluding hydrogens is 232 g/mol. The average molecular weight is 236 g/mol. The van der Waals surface area contributed by atoms with Gasteiger partial charge in [-0.1, -0.05) is 6.58 Å². The van der Waals surface area contributed by atoms with E-state index in [2.05, 4.69) is 6.58 Å². The van der Waals surface area contributed by atoms with Crippen molar-refractivity contribution < 1.29 is 4.18 Å². The topological polar surface area (TPSA) is 9.23 Å². The normalized spacial score (nSPS) is 11.2. The predicted molar refractivity (Wildman–Crippen MR) is 56.9 cm³/mol. The maximum atomic E-state index is 4.79. The first-order valence-electron chi connectivity index (χ1n) is 1.69. The molecule has 0 aliphatic carbocycles. The molecule has 0 aromatic carbocycles. The quantitative estimate of drug-likeness (QED) is 0.428. The molecule has 0 rings (SSSR count). The molecule has 0 aromatic heterocycles. The Kier molecular flexibility index (Phi) is 4.60. The average Bonchev–Trinajstić information content (AvgIpc) is 1.65. The van der Waals surface area contributed by atoms with Crippen LogP contribution in [0.4, 0.5) is 0 Å². The van der Waals surface area contributed by atoms with Crippen molar-refractivity contribution in [2.24, 2.45) is 0 Å². The van der Waals surface area contributed by atoms with Gasteiger partial charge in [-0.05, 0) is 29.4 Å². The lowest BCUT2D eigenvalue weighted by Crippen LogP contribution is -1.95. The molecule has 0 unspecified atom stereocenters. The first-order chi connectivity index (χ1) is 4.00. The van der Waals surface area contributed by atoms with E-state index in [4.69, 9.17) is 48.9 Å². The van der Waals surface area contributed by atoms with Gasteiger partial charge >= 0.3 is 0 Å². The Balaban J connectivity index is 4.62. The van der Waals surface area contributed by atoms with Gasteiger partial charge in [0.1, 0.15) is 6.46 Å². The van der Waals surface area contributed by atoms with Crippen LogP contribution < -0.4 is 0 Å². The largest absolute Gasteiger partial charge is 0.420 e. The van der Waals surface area contributed by atoms with Crippen molar-refractivity contribution >= 4 is 58.3 Å². The Bertz CT molecular complexity index is 247. The van der Waals surface area contributed by atoms with Crippen LogP contribution in [0.25, 0.3) is 0 Å². The summed E-state index contributed by atoms with van der Waals surface area (Å²) < 4.78 is 4.79. The van der Waals surface area contributed by atoms with Crippen LogP contribution in [0.2, 0.25) is 0 Å². The fourth-order valence-corrected chi connectivity index (χ4v) is 1.72. The van der Waals surface area contributed by atoms with Crippen LogP contribution in [-0.4, -0.2) is 0 Å². The monoisotopic (exact) mass is 236 g/mol. The van der Waals surface area contributed by atoms with E-state index in [-0.39, 0.29) is 0 Å². The van der Waals surface area contributed by atoms with Crippen LogP contribution >= 0.6 is 0 Å². The molecule has 0 saturated carbocycles. The fourth-order valence-electron chi connectivity index (χ4n) is 0.121. The molecule has 0 amide bonds. The summed E-state index contributed by atoms with van der Waals surface area (Å²) in [5, 5.41) is 0. The molecule has 0 atom stereocenters. The summed E-state index contributed by atoms with van der Waals surface area (Å²) in [5.74, 6) is 0. The highest BCUT2D eigenvalue weighted by atomic mass is 33.7. The third-order valence-electron chi connectivity index (χ3n) is 0.372. The molecule has 1 nitrogen and oxygen atoms in total. The van der Waals surface area contributed by atoms with Crippen molar-refractivity contribution in [2.75, 3.05) is 0 Å². The molecule has 54 valence electrons. The number of thiol groups is 1. The first kappa shape index (κ1) is 10.1. The van der Waals surface area contributed by atoms with Gasteiger partial charge in [0.25, 0.3) is 0 Å². The van der Waals surface area contributed by atoms with E-state index in [0.29, 0.717) is 0 Å². The lowest BCUT2D eigenvalue weighted by Gasteiger charge is -2.01.